The molecule has 28 heavy (non-hydrogen) atoms. The maximum Gasteiger partial charge on any atom is 0.310 e. The number of benzene rings is 3. The van der Waals surface area contributed by atoms with Gasteiger partial charge in [0.2, 0.25) is 0 Å². The van der Waals surface area contributed by atoms with Gasteiger partial charge in [0.1, 0.15) is 0 Å². The molecule has 2 nitrogen and oxygen atoms in total. The van der Waals surface area contributed by atoms with E-state index in [1.54, 1.807) is 0 Å². The van der Waals surface area contributed by atoms with E-state index in [-0.39, 0.29) is 25.0 Å². The lowest BCUT2D eigenvalue weighted by Crippen LogP contribution is -2.48. The number of fused-ring (bicyclic) bond motifs is 1. The standard InChI is InChI=1S/C25H23O2P/c1-27-23(26)22-17-28-18-24(28,19-11-5-2-6-12-19)25(22,20-13-7-3-8-14-20)21-15-9-4-10-16-21/h2-16,22H,17-18H2,1H3. The Morgan fingerprint density at radius 2 is 1.29 bits per heavy atom. The lowest BCUT2D eigenvalue weighted by atomic mass is 9.58. The smallest absolute Gasteiger partial charge is 0.310 e. The molecule has 140 valence electrons. The molecule has 5 rings (SSSR count). The predicted octanol–water partition coefficient (Wildman–Crippen LogP) is 5.17. The molecule has 2 saturated heterocycles. The maximum absolute atomic E-state index is 13.1. The largest absolute Gasteiger partial charge is 0.469 e. The van der Waals surface area contributed by atoms with E-state index in [4.69, 9.17) is 4.74 Å². The highest BCUT2D eigenvalue weighted by Gasteiger charge is 2.77. The van der Waals surface area contributed by atoms with E-state index in [1.165, 1.54) is 30.0 Å². The molecule has 2 fully saturated rings. The first-order valence-electron chi connectivity index (χ1n) is 9.74. The van der Waals surface area contributed by atoms with E-state index < -0.39 is 5.41 Å². The van der Waals surface area contributed by atoms with Crippen molar-refractivity contribution in [2.75, 3.05) is 19.4 Å². The summed E-state index contributed by atoms with van der Waals surface area (Å²) in [6, 6.07) is 32.1. The van der Waals surface area contributed by atoms with Crippen molar-refractivity contribution in [1.82, 2.24) is 0 Å². The van der Waals surface area contributed by atoms with Crippen LogP contribution in [0.5, 0.6) is 0 Å². The molecule has 0 aromatic heterocycles. The van der Waals surface area contributed by atoms with E-state index >= 15 is 0 Å². The summed E-state index contributed by atoms with van der Waals surface area (Å²) in [6.45, 7) is 0. The SMILES string of the molecule is COC(=O)C1CP2CC2(c2ccccc2)C1(c1ccccc1)c1ccccc1. The van der Waals surface area contributed by atoms with Gasteiger partial charge in [-0.05, 0) is 29.0 Å². The summed E-state index contributed by atoms with van der Waals surface area (Å²) < 4.78 is 5.35. The summed E-state index contributed by atoms with van der Waals surface area (Å²) in [6.07, 6.45) is 2.10. The normalized spacial score (nSPS) is 27.0. The third-order valence-electron chi connectivity index (χ3n) is 6.63. The summed E-state index contributed by atoms with van der Waals surface area (Å²) in [7, 11) is 1.25. The molecular weight excluding hydrogens is 363 g/mol. The number of carbonyl (C=O) groups excluding carboxylic acids is 1. The van der Waals surface area contributed by atoms with Crippen LogP contribution >= 0.6 is 7.92 Å². The van der Waals surface area contributed by atoms with Gasteiger partial charge < -0.3 is 4.74 Å². The Labute approximate surface area is 167 Å². The Bertz CT molecular complexity index is 947. The lowest BCUT2D eigenvalue weighted by Gasteiger charge is -2.43. The van der Waals surface area contributed by atoms with Gasteiger partial charge in [-0.15, -0.1) is 0 Å². The molecule has 2 aliphatic rings. The molecule has 2 aliphatic heterocycles. The Kier molecular flexibility index (Phi) is 4.14. The van der Waals surface area contributed by atoms with Crippen LogP contribution in [0.15, 0.2) is 91.0 Å². The molecule has 3 heteroatoms. The monoisotopic (exact) mass is 386 g/mol. The van der Waals surface area contributed by atoms with E-state index in [9.17, 15) is 4.79 Å². The lowest BCUT2D eigenvalue weighted by molar-refractivity contribution is -0.146. The zero-order chi connectivity index (χ0) is 19.2. The molecule has 0 aliphatic carbocycles. The second-order valence-corrected chi connectivity index (χ2v) is 10.2. The summed E-state index contributed by atoms with van der Waals surface area (Å²) in [4.78, 5) is 13.1. The highest BCUT2D eigenvalue weighted by molar-refractivity contribution is 7.67. The minimum atomic E-state index is -0.393. The second-order valence-electron chi connectivity index (χ2n) is 7.72. The molecule has 0 amide bonds. The quantitative estimate of drug-likeness (QED) is 0.457. The van der Waals surface area contributed by atoms with E-state index in [0.717, 1.165) is 6.16 Å². The molecule has 0 radical (unpaired) electrons. The van der Waals surface area contributed by atoms with Crippen molar-refractivity contribution in [2.45, 2.75) is 10.6 Å². The van der Waals surface area contributed by atoms with Crippen LogP contribution in [0, 0.1) is 5.92 Å². The minimum absolute atomic E-state index is 0.00877. The van der Waals surface area contributed by atoms with Crippen LogP contribution in [0.2, 0.25) is 0 Å². The summed E-state index contributed by atoms with van der Waals surface area (Å²) in [5.41, 5.74) is 3.42. The van der Waals surface area contributed by atoms with Gasteiger partial charge >= 0.3 is 5.97 Å². The first-order valence-corrected chi connectivity index (χ1v) is 11.5. The molecule has 3 unspecified atom stereocenters. The van der Waals surface area contributed by atoms with Crippen molar-refractivity contribution in [1.29, 1.82) is 0 Å². The highest BCUT2D eigenvalue weighted by atomic mass is 31.1. The van der Waals surface area contributed by atoms with Crippen molar-refractivity contribution >= 4 is 13.9 Å². The average Bonchev–Trinajstić information content (AvgIpc) is 3.43. The molecule has 0 N–H and O–H groups in total. The van der Waals surface area contributed by atoms with Crippen molar-refractivity contribution in [3.05, 3.63) is 108 Å². The van der Waals surface area contributed by atoms with Crippen molar-refractivity contribution in [2.24, 2.45) is 5.92 Å². The molecule has 3 atom stereocenters. The van der Waals surface area contributed by atoms with Gasteiger partial charge in [0.05, 0.1) is 13.0 Å². The molecule has 0 saturated carbocycles. The van der Waals surface area contributed by atoms with Gasteiger partial charge in [0.25, 0.3) is 0 Å². The van der Waals surface area contributed by atoms with Gasteiger partial charge in [-0.2, -0.15) is 0 Å². The average molecular weight is 386 g/mol. The molecule has 3 aromatic rings. The number of carbonyl (C=O) groups is 1. The van der Waals surface area contributed by atoms with Crippen LogP contribution < -0.4 is 0 Å². The van der Waals surface area contributed by atoms with Crippen molar-refractivity contribution in [3.63, 3.8) is 0 Å². The van der Waals surface area contributed by atoms with Gasteiger partial charge in [-0.1, -0.05) is 98.9 Å². The maximum atomic E-state index is 13.1. The number of ether oxygens (including phenoxy) is 1. The van der Waals surface area contributed by atoms with E-state index in [1.807, 2.05) is 0 Å². The first-order chi connectivity index (χ1) is 13.7. The van der Waals surface area contributed by atoms with E-state index in [0.29, 0.717) is 0 Å². The predicted molar refractivity (Wildman–Crippen MR) is 114 cm³/mol. The number of hydrogen-bond acceptors (Lipinski definition) is 2. The highest BCUT2D eigenvalue weighted by Crippen LogP contribution is 2.88. The van der Waals surface area contributed by atoms with Gasteiger partial charge in [-0.3, -0.25) is 4.79 Å². The summed E-state index contributed by atoms with van der Waals surface area (Å²) >= 11 is 0. The fourth-order valence-corrected chi connectivity index (χ4v) is 9.48. The number of methoxy groups -OCH3 is 1. The minimum Gasteiger partial charge on any atom is -0.469 e. The molecule has 2 heterocycles. The van der Waals surface area contributed by atoms with Crippen LogP contribution in [0.3, 0.4) is 0 Å². The zero-order valence-corrected chi connectivity index (χ0v) is 16.8. The third kappa shape index (κ3) is 2.22. The Hall–Kier alpha value is -2.44. The molecule has 0 spiro atoms. The Morgan fingerprint density at radius 1 is 0.821 bits per heavy atom. The number of rotatable bonds is 4. The van der Waals surface area contributed by atoms with E-state index in [2.05, 4.69) is 91.0 Å². The topological polar surface area (TPSA) is 26.3 Å². The van der Waals surface area contributed by atoms with Crippen LogP contribution in [0.25, 0.3) is 0 Å². The van der Waals surface area contributed by atoms with Gasteiger partial charge in [0.15, 0.2) is 0 Å². The first kappa shape index (κ1) is 17.6. The van der Waals surface area contributed by atoms with Crippen LogP contribution in [0.1, 0.15) is 16.7 Å². The van der Waals surface area contributed by atoms with Crippen LogP contribution in [-0.4, -0.2) is 25.4 Å². The van der Waals surface area contributed by atoms with Crippen molar-refractivity contribution < 1.29 is 9.53 Å². The van der Waals surface area contributed by atoms with Crippen LogP contribution in [0.4, 0.5) is 0 Å². The summed E-state index contributed by atoms with van der Waals surface area (Å²) in [5.74, 6) is -0.250. The van der Waals surface area contributed by atoms with Crippen molar-refractivity contribution in [3.8, 4) is 0 Å². The number of esters is 1. The molecular formula is C25H23O2P. The fraction of sp³-hybridized carbons (Fsp3) is 0.240. The third-order valence-corrected chi connectivity index (χ3v) is 9.76. The fourth-order valence-electron chi connectivity index (χ4n) is 5.54. The van der Waals surface area contributed by atoms with Gasteiger partial charge in [0, 0.05) is 10.6 Å². The number of hydrogen-bond donors (Lipinski definition) is 0. The molecule has 3 aromatic carbocycles. The molecule has 0 bridgehead atoms. The Morgan fingerprint density at radius 3 is 1.75 bits per heavy atom. The zero-order valence-electron chi connectivity index (χ0n) is 15.9. The Balaban J connectivity index is 1.85. The van der Waals surface area contributed by atoms with Crippen LogP contribution in [-0.2, 0) is 20.1 Å². The summed E-state index contributed by atoms with van der Waals surface area (Å²) in [5, 5.41) is -0.00877. The van der Waals surface area contributed by atoms with Gasteiger partial charge in [-0.25, -0.2) is 0 Å². The second kappa shape index (κ2) is 6.57.